The summed E-state index contributed by atoms with van der Waals surface area (Å²) in [5, 5.41) is 5.12. The Bertz CT molecular complexity index is 979. The van der Waals surface area contributed by atoms with E-state index in [0.29, 0.717) is 0 Å². The molecule has 1 radical (unpaired) electrons. The van der Waals surface area contributed by atoms with Gasteiger partial charge in [0.1, 0.15) is 0 Å². The summed E-state index contributed by atoms with van der Waals surface area (Å²) in [6, 6.07) is 24.6. The van der Waals surface area contributed by atoms with Crippen LogP contribution in [0, 0.1) is 0 Å². The van der Waals surface area contributed by atoms with E-state index in [9.17, 15) is 0 Å². The van der Waals surface area contributed by atoms with Gasteiger partial charge in [-0.2, -0.15) is 0 Å². The summed E-state index contributed by atoms with van der Waals surface area (Å²) in [5.41, 5.74) is 9.67. The molecule has 1 atom stereocenters. The van der Waals surface area contributed by atoms with Gasteiger partial charge >= 0.3 is 21.7 Å². The van der Waals surface area contributed by atoms with Crippen molar-refractivity contribution in [1.29, 1.82) is 0 Å². The first kappa shape index (κ1) is 26.9. The van der Waals surface area contributed by atoms with Crippen molar-refractivity contribution in [3.8, 4) is 22.3 Å². The van der Waals surface area contributed by atoms with Gasteiger partial charge in [0.25, 0.3) is 0 Å². The number of halogens is 2. The maximum absolute atomic E-state index is 5.12. The van der Waals surface area contributed by atoms with Crippen LogP contribution in [0.15, 0.2) is 66.7 Å². The van der Waals surface area contributed by atoms with Gasteiger partial charge in [0.05, 0.1) is 0 Å². The number of hydrogen-bond acceptors (Lipinski definition) is 0. The van der Waals surface area contributed by atoms with Crippen LogP contribution in [0.2, 0.25) is 0 Å². The molecule has 155 valence electrons. The largest absolute Gasteiger partial charge is 3.00 e. The first-order valence-electron chi connectivity index (χ1n) is 9.99. The Hall–Kier alpha value is -1.09. The summed E-state index contributed by atoms with van der Waals surface area (Å²) < 4.78 is 0. The van der Waals surface area contributed by atoms with Crippen LogP contribution in [0.25, 0.3) is 27.6 Å². The van der Waals surface area contributed by atoms with E-state index < -0.39 is 0 Å². The molecule has 1 aliphatic rings. The quantitative estimate of drug-likeness (QED) is 0.400. The molecule has 3 aromatic carbocycles. The second kappa shape index (κ2) is 11.0. The molecule has 0 heterocycles. The molecule has 0 spiro atoms. The van der Waals surface area contributed by atoms with Crippen molar-refractivity contribution in [2.75, 3.05) is 0 Å². The van der Waals surface area contributed by atoms with E-state index in [1.807, 2.05) is 0 Å². The minimum Gasteiger partial charge on any atom is -1.00 e. The predicted octanol–water partition coefficient (Wildman–Crippen LogP) is 1.55. The number of hydrogen-bond donors (Lipinski definition) is 0. The van der Waals surface area contributed by atoms with E-state index in [2.05, 4.69) is 94.4 Å². The molecule has 0 N–H and O–H groups in total. The smallest absolute Gasteiger partial charge is 1.00 e. The third kappa shape index (κ3) is 5.39. The van der Waals surface area contributed by atoms with Crippen molar-refractivity contribution in [2.24, 2.45) is 0 Å². The zero-order chi connectivity index (χ0) is 19.0. The fourth-order valence-electron chi connectivity index (χ4n) is 4.29. The van der Waals surface area contributed by atoms with Gasteiger partial charge in [-0.1, -0.05) is 106 Å². The number of rotatable bonds is 4. The molecular formula is C26H28Cl2NTi. The third-order valence-electron chi connectivity index (χ3n) is 5.39. The van der Waals surface area contributed by atoms with Crippen molar-refractivity contribution in [3.63, 3.8) is 0 Å². The Balaban J connectivity index is 0.00000150. The summed E-state index contributed by atoms with van der Waals surface area (Å²) in [6.45, 7) is 8.81. The topological polar surface area (TPSA) is 14.1 Å². The molecule has 30 heavy (non-hydrogen) atoms. The minimum absolute atomic E-state index is 0. The van der Waals surface area contributed by atoms with Crippen molar-refractivity contribution < 1.29 is 46.5 Å². The summed E-state index contributed by atoms with van der Waals surface area (Å²) in [5.74, 6) is 0. The van der Waals surface area contributed by atoms with E-state index in [-0.39, 0.29) is 58.1 Å². The number of nitrogens with zero attached hydrogens (tertiary/aromatic N) is 1. The third-order valence-corrected chi connectivity index (χ3v) is 5.39. The number of benzene rings is 3. The van der Waals surface area contributed by atoms with Crippen LogP contribution in [0.1, 0.15) is 56.8 Å². The van der Waals surface area contributed by atoms with Crippen LogP contribution < -0.4 is 24.8 Å². The van der Waals surface area contributed by atoms with Gasteiger partial charge in [-0.3, -0.25) is 0 Å². The second-order valence-corrected chi connectivity index (χ2v) is 8.48. The molecule has 0 bridgehead atoms. The molecule has 0 aromatic heterocycles. The predicted molar refractivity (Wildman–Crippen MR) is 116 cm³/mol. The second-order valence-electron chi connectivity index (χ2n) is 8.48. The SMILES string of the molecule is CCC([N-]C(C)(C)C)c1ccccc1-c1cccc2c1Cc1ccccc1-2.[Cl-].[Cl-].[Ti+3]. The zero-order valence-electron chi connectivity index (χ0n) is 18.0. The molecule has 0 aliphatic heterocycles. The van der Waals surface area contributed by atoms with E-state index in [1.165, 1.54) is 38.9 Å². The van der Waals surface area contributed by atoms with Crippen LogP contribution in [-0.4, -0.2) is 5.54 Å². The van der Waals surface area contributed by atoms with Gasteiger partial charge in [-0.05, 0) is 39.8 Å². The van der Waals surface area contributed by atoms with Gasteiger partial charge in [-0.25, -0.2) is 0 Å². The standard InChI is InChI=1S/C26H28N.2ClH.Ti/c1-5-25(27-26(2,3)4)23-14-9-8-13-21(23)22-16-10-15-20-19-12-7-6-11-18(19)17-24(20)22;;;/h6-16,25H,5,17H2,1-4H3;2*1H;/q-1;;;+3/p-2. The van der Waals surface area contributed by atoms with Crippen LogP contribution in [0.3, 0.4) is 0 Å². The average Bonchev–Trinajstić information content (AvgIpc) is 3.04. The maximum Gasteiger partial charge on any atom is 3.00 e. The Morgan fingerprint density at radius 1 is 0.767 bits per heavy atom. The normalized spacial score (nSPS) is 12.5. The molecule has 0 saturated heterocycles. The maximum atomic E-state index is 5.12. The van der Waals surface area contributed by atoms with Crippen molar-refractivity contribution in [3.05, 3.63) is 88.7 Å². The van der Waals surface area contributed by atoms with Crippen LogP contribution in [0.5, 0.6) is 0 Å². The minimum atomic E-state index is -0.0390. The Labute approximate surface area is 208 Å². The first-order valence-corrected chi connectivity index (χ1v) is 9.99. The van der Waals surface area contributed by atoms with Crippen molar-refractivity contribution in [1.82, 2.24) is 0 Å². The van der Waals surface area contributed by atoms with E-state index >= 15 is 0 Å². The molecule has 4 heteroatoms. The van der Waals surface area contributed by atoms with E-state index in [0.717, 1.165) is 12.8 Å². The molecule has 0 fully saturated rings. The molecule has 1 aliphatic carbocycles. The van der Waals surface area contributed by atoms with Gasteiger partial charge in [0, 0.05) is 0 Å². The fourth-order valence-corrected chi connectivity index (χ4v) is 4.29. The molecule has 4 rings (SSSR count). The summed E-state index contributed by atoms with van der Waals surface area (Å²) >= 11 is 0. The molecule has 1 nitrogen and oxygen atoms in total. The monoisotopic (exact) mass is 472 g/mol. The van der Waals surface area contributed by atoms with Gasteiger partial charge in [-0.15, -0.1) is 11.6 Å². The molecule has 0 amide bonds. The van der Waals surface area contributed by atoms with E-state index in [4.69, 9.17) is 5.32 Å². The Morgan fingerprint density at radius 3 is 1.93 bits per heavy atom. The van der Waals surface area contributed by atoms with Crippen LogP contribution >= 0.6 is 0 Å². The van der Waals surface area contributed by atoms with Gasteiger partial charge < -0.3 is 30.1 Å². The van der Waals surface area contributed by atoms with Gasteiger partial charge in [0.15, 0.2) is 0 Å². The van der Waals surface area contributed by atoms with Crippen molar-refractivity contribution >= 4 is 0 Å². The zero-order valence-corrected chi connectivity index (χ0v) is 21.1. The molecule has 0 saturated carbocycles. The van der Waals surface area contributed by atoms with Crippen molar-refractivity contribution in [2.45, 2.75) is 52.1 Å². The van der Waals surface area contributed by atoms with E-state index in [1.54, 1.807) is 0 Å². The molecular weight excluding hydrogens is 445 g/mol. The Morgan fingerprint density at radius 2 is 1.30 bits per heavy atom. The molecule has 1 unspecified atom stereocenters. The summed E-state index contributed by atoms with van der Waals surface area (Å²) in [4.78, 5) is 0. The summed E-state index contributed by atoms with van der Waals surface area (Å²) in [7, 11) is 0. The Kier molecular flexibility index (Phi) is 9.86. The van der Waals surface area contributed by atoms with Gasteiger partial charge in [0.2, 0.25) is 0 Å². The van der Waals surface area contributed by atoms with Crippen LogP contribution in [0.4, 0.5) is 0 Å². The van der Waals surface area contributed by atoms with Crippen LogP contribution in [-0.2, 0) is 28.1 Å². The summed E-state index contributed by atoms with van der Waals surface area (Å²) in [6.07, 6.45) is 2.03. The first-order chi connectivity index (χ1) is 13.0. The number of fused-ring (bicyclic) bond motifs is 3. The molecule has 3 aromatic rings. The average molecular weight is 473 g/mol. The fraction of sp³-hybridized carbons (Fsp3) is 0.308.